The molecule has 5 aliphatic rings. The van der Waals surface area contributed by atoms with E-state index in [4.69, 9.17) is 0 Å². The number of benzene rings is 1. The van der Waals surface area contributed by atoms with Gasteiger partial charge in [0.15, 0.2) is 0 Å². The van der Waals surface area contributed by atoms with E-state index in [1.165, 1.54) is 30.4 Å². The smallest absolute Gasteiger partial charge is 0.225 e. The summed E-state index contributed by atoms with van der Waals surface area (Å²) in [4.78, 5) is 26.6. The monoisotopic (exact) mass is 364 g/mol. The number of carbonyl (C=O) groups excluding carboxylic acids is 2. The van der Waals surface area contributed by atoms with Crippen molar-refractivity contribution in [2.45, 2.75) is 68.2 Å². The second kappa shape index (κ2) is 4.95. The molecule has 2 atom stereocenters. The fourth-order valence-electron chi connectivity index (χ4n) is 6.17. The van der Waals surface area contributed by atoms with Gasteiger partial charge in [-0.15, -0.1) is 0 Å². The third kappa shape index (κ3) is 2.28. The number of amides is 2. The zero-order valence-corrected chi connectivity index (χ0v) is 16.1. The third-order valence-corrected chi connectivity index (χ3v) is 8.47. The number of likely N-dealkylation sites (tertiary alicyclic amines) is 1. The summed E-state index contributed by atoms with van der Waals surface area (Å²) < 4.78 is 0. The highest BCUT2D eigenvalue weighted by molar-refractivity contribution is 5.84. The fraction of sp³-hybridized carbons (Fsp3) is 0.652. The first kappa shape index (κ1) is 16.1. The summed E-state index contributed by atoms with van der Waals surface area (Å²) in [6.07, 6.45) is 7.09. The quantitative estimate of drug-likeness (QED) is 0.897. The van der Waals surface area contributed by atoms with Crippen molar-refractivity contribution in [3.05, 3.63) is 35.4 Å². The first-order chi connectivity index (χ1) is 12.9. The van der Waals surface area contributed by atoms with Gasteiger partial charge in [-0.3, -0.25) is 9.59 Å². The number of piperidine rings is 1. The standard InChI is InChI=1S/C23H28N2O2/c1-21(8-9-21)16-2-4-17(5-3-16)23-12-18(23)13-25(14-23)20(27)15-10-22(11-15)7-6-19(26)24-22/h2-5,15,18H,6-14H2,1H3,(H,24,26)/t15-,18-,22+,23+/m1/s1. The number of hydrogen-bond donors (Lipinski definition) is 1. The topological polar surface area (TPSA) is 49.4 Å². The maximum absolute atomic E-state index is 13.0. The first-order valence-electron chi connectivity index (χ1n) is 10.6. The van der Waals surface area contributed by atoms with Gasteiger partial charge in [-0.1, -0.05) is 31.2 Å². The van der Waals surface area contributed by atoms with Crippen molar-refractivity contribution in [2.24, 2.45) is 11.8 Å². The lowest BCUT2D eigenvalue weighted by Gasteiger charge is -2.45. The molecule has 4 nitrogen and oxygen atoms in total. The third-order valence-electron chi connectivity index (χ3n) is 8.47. The molecule has 0 bridgehead atoms. The number of carbonyl (C=O) groups is 2. The maximum atomic E-state index is 13.0. The van der Waals surface area contributed by atoms with E-state index in [-0.39, 0.29) is 22.8 Å². The molecule has 6 rings (SSSR count). The number of rotatable bonds is 3. The Morgan fingerprint density at radius 2 is 1.78 bits per heavy atom. The highest BCUT2D eigenvalue weighted by atomic mass is 16.2. The SMILES string of the molecule is CC1(c2ccc([C@@]34C[C@@H]3CN(C(=O)[C@H]3C[C@]5(CCC(=O)N5)C3)C4)cc2)CC1. The molecule has 0 unspecified atom stereocenters. The normalized spacial score (nSPS) is 40.5. The van der Waals surface area contributed by atoms with Gasteiger partial charge < -0.3 is 10.2 Å². The number of hydrogen-bond acceptors (Lipinski definition) is 2. The summed E-state index contributed by atoms with van der Waals surface area (Å²) in [5.74, 6) is 1.25. The fourth-order valence-corrected chi connectivity index (χ4v) is 6.17. The van der Waals surface area contributed by atoms with Gasteiger partial charge in [0, 0.05) is 36.4 Å². The Balaban J connectivity index is 1.13. The summed E-state index contributed by atoms with van der Waals surface area (Å²) in [7, 11) is 0. The minimum Gasteiger partial charge on any atom is -0.351 e. The predicted molar refractivity (Wildman–Crippen MR) is 102 cm³/mol. The van der Waals surface area contributed by atoms with Crippen molar-refractivity contribution in [3.63, 3.8) is 0 Å². The molecule has 142 valence electrons. The van der Waals surface area contributed by atoms with Crippen LogP contribution < -0.4 is 5.32 Å². The molecule has 0 radical (unpaired) electrons. The Labute approximate surface area is 160 Å². The number of fused-ring (bicyclic) bond motifs is 1. The highest BCUT2D eigenvalue weighted by Crippen LogP contribution is 2.60. The van der Waals surface area contributed by atoms with Crippen molar-refractivity contribution >= 4 is 11.8 Å². The van der Waals surface area contributed by atoms with Gasteiger partial charge in [-0.05, 0) is 61.0 Å². The average molecular weight is 364 g/mol. The van der Waals surface area contributed by atoms with Crippen LogP contribution in [0, 0.1) is 11.8 Å². The number of nitrogens with one attached hydrogen (secondary N) is 1. The van der Waals surface area contributed by atoms with Crippen LogP contribution in [0.3, 0.4) is 0 Å². The van der Waals surface area contributed by atoms with Gasteiger partial charge in [0.05, 0.1) is 0 Å². The Morgan fingerprint density at radius 1 is 1.07 bits per heavy atom. The Morgan fingerprint density at radius 3 is 2.41 bits per heavy atom. The van der Waals surface area contributed by atoms with Crippen molar-refractivity contribution in [1.82, 2.24) is 10.2 Å². The Hall–Kier alpha value is -1.84. The van der Waals surface area contributed by atoms with Crippen molar-refractivity contribution < 1.29 is 9.59 Å². The van der Waals surface area contributed by atoms with E-state index in [0.29, 0.717) is 23.7 Å². The molecule has 2 aliphatic heterocycles. The lowest BCUT2D eigenvalue weighted by Crippen LogP contribution is -2.56. The van der Waals surface area contributed by atoms with Gasteiger partial charge >= 0.3 is 0 Å². The molecule has 2 heterocycles. The largest absolute Gasteiger partial charge is 0.351 e. The molecule has 1 aromatic rings. The maximum Gasteiger partial charge on any atom is 0.225 e. The molecule has 2 amide bonds. The molecule has 3 aliphatic carbocycles. The Kier molecular flexibility index (Phi) is 2.96. The van der Waals surface area contributed by atoms with Crippen LogP contribution in [0.4, 0.5) is 0 Å². The van der Waals surface area contributed by atoms with Crippen LogP contribution >= 0.6 is 0 Å². The van der Waals surface area contributed by atoms with Crippen LogP contribution in [0.5, 0.6) is 0 Å². The zero-order chi connectivity index (χ0) is 18.4. The van der Waals surface area contributed by atoms with E-state index in [0.717, 1.165) is 32.4 Å². The summed E-state index contributed by atoms with van der Waals surface area (Å²) >= 11 is 0. The van der Waals surface area contributed by atoms with Crippen LogP contribution in [0.25, 0.3) is 0 Å². The summed E-state index contributed by atoms with van der Waals surface area (Å²) in [5, 5.41) is 3.11. The molecule has 1 aromatic carbocycles. The van der Waals surface area contributed by atoms with E-state index in [9.17, 15) is 9.59 Å². The van der Waals surface area contributed by atoms with Crippen molar-refractivity contribution in [1.29, 1.82) is 0 Å². The molecular formula is C23H28N2O2. The molecule has 3 saturated carbocycles. The van der Waals surface area contributed by atoms with Crippen molar-refractivity contribution in [3.8, 4) is 0 Å². The van der Waals surface area contributed by atoms with Crippen LogP contribution in [-0.2, 0) is 20.4 Å². The van der Waals surface area contributed by atoms with Gasteiger partial charge in [0.25, 0.3) is 0 Å². The second-order valence-electron chi connectivity index (χ2n) is 10.3. The Bertz CT molecular complexity index is 834. The molecule has 1 N–H and O–H groups in total. The summed E-state index contributed by atoms with van der Waals surface area (Å²) in [6, 6.07) is 9.32. The molecule has 4 heteroatoms. The van der Waals surface area contributed by atoms with Crippen LogP contribution in [0.1, 0.15) is 63.0 Å². The molecule has 2 saturated heterocycles. The van der Waals surface area contributed by atoms with E-state index < -0.39 is 0 Å². The highest BCUT2D eigenvalue weighted by Gasteiger charge is 2.63. The summed E-state index contributed by atoms with van der Waals surface area (Å²) in [6.45, 7) is 4.17. The van der Waals surface area contributed by atoms with Gasteiger partial charge in [-0.2, -0.15) is 0 Å². The van der Waals surface area contributed by atoms with Gasteiger partial charge in [-0.25, -0.2) is 0 Å². The molecular weight excluding hydrogens is 336 g/mol. The first-order valence-corrected chi connectivity index (χ1v) is 10.6. The summed E-state index contributed by atoms with van der Waals surface area (Å²) in [5.41, 5.74) is 3.51. The van der Waals surface area contributed by atoms with Gasteiger partial charge in [0.1, 0.15) is 0 Å². The van der Waals surface area contributed by atoms with Crippen LogP contribution in [-0.4, -0.2) is 35.3 Å². The minimum absolute atomic E-state index is 0.0491. The zero-order valence-electron chi connectivity index (χ0n) is 16.1. The van der Waals surface area contributed by atoms with E-state index in [1.54, 1.807) is 0 Å². The second-order valence-corrected chi connectivity index (χ2v) is 10.3. The van der Waals surface area contributed by atoms with E-state index >= 15 is 0 Å². The molecule has 0 aromatic heterocycles. The molecule has 1 spiro atoms. The number of nitrogens with zero attached hydrogens (tertiary/aromatic N) is 1. The lowest BCUT2D eigenvalue weighted by atomic mass is 9.67. The molecule has 5 fully saturated rings. The van der Waals surface area contributed by atoms with Gasteiger partial charge in [0.2, 0.25) is 11.8 Å². The van der Waals surface area contributed by atoms with Crippen molar-refractivity contribution in [2.75, 3.05) is 13.1 Å². The predicted octanol–water partition coefficient (Wildman–Crippen LogP) is 2.90. The van der Waals surface area contributed by atoms with Crippen LogP contribution in [0.15, 0.2) is 24.3 Å². The minimum atomic E-state index is -0.0491. The molecule has 27 heavy (non-hydrogen) atoms. The van der Waals surface area contributed by atoms with E-state index in [1.807, 2.05) is 0 Å². The average Bonchev–Trinajstić information content (AvgIpc) is 3.46. The van der Waals surface area contributed by atoms with Crippen LogP contribution in [0.2, 0.25) is 0 Å². The lowest BCUT2D eigenvalue weighted by molar-refractivity contribution is -0.141. The van der Waals surface area contributed by atoms with E-state index in [2.05, 4.69) is 41.4 Å².